The molecule has 0 aliphatic carbocycles. The summed E-state index contributed by atoms with van der Waals surface area (Å²) in [6.45, 7) is 4.62. The molecule has 2 aromatic carbocycles. The first-order valence-electron chi connectivity index (χ1n) is 9.95. The van der Waals surface area contributed by atoms with E-state index in [9.17, 15) is 9.18 Å². The lowest BCUT2D eigenvalue weighted by Gasteiger charge is -2.10. The zero-order valence-electron chi connectivity index (χ0n) is 17.6. The summed E-state index contributed by atoms with van der Waals surface area (Å²) in [5, 5.41) is 7.11. The molecular formula is C24H21BrFN3O3. The molecule has 1 amide bonds. The minimum Gasteiger partial charge on any atom is -0.485 e. The van der Waals surface area contributed by atoms with E-state index in [-0.39, 0.29) is 18.2 Å². The number of furan rings is 1. The molecule has 0 aliphatic heterocycles. The average molecular weight is 498 g/mol. The van der Waals surface area contributed by atoms with Gasteiger partial charge in [-0.15, -0.1) is 0 Å². The van der Waals surface area contributed by atoms with Crippen LogP contribution >= 0.6 is 15.9 Å². The SMILES string of the molecule is Cc1cccc(C)c1OCc1ccc(C(=O)Nc2nn(Cc3ccc(F)cc3)cc2Br)o1. The summed E-state index contributed by atoms with van der Waals surface area (Å²) >= 11 is 3.40. The van der Waals surface area contributed by atoms with Crippen molar-refractivity contribution >= 4 is 27.7 Å². The van der Waals surface area contributed by atoms with Gasteiger partial charge in [-0.25, -0.2) is 4.39 Å². The Hall–Kier alpha value is -3.39. The Balaban J connectivity index is 1.39. The third kappa shape index (κ3) is 5.08. The molecule has 1 N–H and O–H groups in total. The second-order valence-corrected chi connectivity index (χ2v) is 8.23. The average Bonchev–Trinajstić information content (AvgIpc) is 3.36. The Kier molecular flexibility index (Phi) is 6.41. The first kappa shape index (κ1) is 21.8. The number of carbonyl (C=O) groups is 1. The van der Waals surface area contributed by atoms with Crippen molar-refractivity contribution in [2.75, 3.05) is 5.32 Å². The maximum atomic E-state index is 13.1. The van der Waals surface area contributed by atoms with Gasteiger partial charge in [0.25, 0.3) is 5.91 Å². The maximum absolute atomic E-state index is 13.1. The van der Waals surface area contributed by atoms with E-state index >= 15 is 0 Å². The fourth-order valence-corrected chi connectivity index (χ4v) is 3.67. The van der Waals surface area contributed by atoms with Gasteiger partial charge >= 0.3 is 0 Å². The summed E-state index contributed by atoms with van der Waals surface area (Å²) in [6, 6.07) is 15.4. The van der Waals surface area contributed by atoms with Crippen molar-refractivity contribution in [3.05, 3.63) is 99.3 Å². The zero-order valence-corrected chi connectivity index (χ0v) is 19.1. The van der Waals surface area contributed by atoms with E-state index in [1.165, 1.54) is 12.1 Å². The summed E-state index contributed by atoms with van der Waals surface area (Å²) in [5.41, 5.74) is 2.96. The van der Waals surface area contributed by atoms with Crippen molar-refractivity contribution in [1.29, 1.82) is 0 Å². The van der Waals surface area contributed by atoms with Gasteiger partial charge in [0.05, 0.1) is 11.0 Å². The summed E-state index contributed by atoms with van der Waals surface area (Å²) in [4.78, 5) is 12.6. The van der Waals surface area contributed by atoms with E-state index in [0.29, 0.717) is 22.6 Å². The molecule has 0 fully saturated rings. The molecule has 0 bridgehead atoms. The zero-order chi connectivity index (χ0) is 22.7. The van der Waals surface area contributed by atoms with Gasteiger partial charge in [0.1, 0.15) is 23.9 Å². The lowest BCUT2D eigenvalue weighted by molar-refractivity contribution is 0.0992. The van der Waals surface area contributed by atoms with Crippen molar-refractivity contribution in [2.24, 2.45) is 0 Å². The number of hydrogen-bond acceptors (Lipinski definition) is 4. The number of aromatic nitrogens is 2. The topological polar surface area (TPSA) is 69.3 Å². The first-order valence-corrected chi connectivity index (χ1v) is 10.7. The van der Waals surface area contributed by atoms with Crippen molar-refractivity contribution in [2.45, 2.75) is 27.0 Å². The number of ether oxygens (including phenoxy) is 1. The van der Waals surface area contributed by atoms with Crippen LogP contribution in [-0.4, -0.2) is 15.7 Å². The summed E-state index contributed by atoms with van der Waals surface area (Å²) in [5.74, 6) is 1.16. The van der Waals surface area contributed by atoms with E-state index in [1.54, 1.807) is 35.1 Å². The smallest absolute Gasteiger partial charge is 0.292 e. The lowest BCUT2D eigenvalue weighted by atomic mass is 10.1. The van der Waals surface area contributed by atoms with Crippen LogP contribution in [0.25, 0.3) is 0 Å². The number of amides is 1. The van der Waals surface area contributed by atoms with Gasteiger partial charge < -0.3 is 14.5 Å². The van der Waals surface area contributed by atoms with Gasteiger partial charge in [-0.1, -0.05) is 30.3 Å². The fraction of sp³-hybridized carbons (Fsp3) is 0.167. The minimum atomic E-state index is -0.420. The summed E-state index contributed by atoms with van der Waals surface area (Å²) < 4.78 is 26.9. The number of halogens is 2. The molecule has 2 heterocycles. The van der Waals surface area contributed by atoms with Crippen molar-refractivity contribution in [3.8, 4) is 5.75 Å². The fourth-order valence-electron chi connectivity index (χ4n) is 3.26. The number of benzene rings is 2. The molecule has 0 saturated heterocycles. The van der Waals surface area contributed by atoms with E-state index in [0.717, 1.165) is 22.4 Å². The normalized spacial score (nSPS) is 10.9. The molecule has 0 radical (unpaired) electrons. The van der Waals surface area contributed by atoms with Crippen molar-refractivity contribution in [3.63, 3.8) is 0 Å². The second-order valence-electron chi connectivity index (χ2n) is 7.38. The highest BCUT2D eigenvalue weighted by atomic mass is 79.9. The molecule has 0 unspecified atom stereocenters. The molecule has 4 rings (SSSR count). The number of aryl methyl sites for hydroxylation is 2. The Morgan fingerprint density at radius 3 is 2.56 bits per heavy atom. The molecular weight excluding hydrogens is 477 g/mol. The number of rotatable bonds is 7. The van der Waals surface area contributed by atoms with E-state index in [1.807, 2.05) is 32.0 Å². The van der Waals surface area contributed by atoms with Crippen molar-refractivity contribution < 1.29 is 18.3 Å². The van der Waals surface area contributed by atoms with Crippen LogP contribution in [0.15, 0.2) is 69.7 Å². The van der Waals surface area contributed by atoms with Crippen LogP contribution in [0.4, 0.5) is 10.2 Å². The van der Waals surface area contributed by atoms with E-state index < -0.39 is 5.91 Å². The molecule has 6 nitrogen and oxygen atoms in total. The Labute approximate surface area is 193 Å². The van der Waals surface area contributed by atoms with Gasteiger partial charge in [-0.2, -0.15) is 5.10 Å². The lowest BCUT2D eigenvalue weighted by Crippen LogP contribution is -2.12. The third-order valence-corrected chi connectivity index (χ3v) is 5.44. The molecule has 0 aliphatic rings. The summed E-state index contributed by atoms with van der Waals surface area (Å²) in [6.07, 6.45) is 1.74. The number of para-hydroxylation sites is 1. The quantitative estimate of drug-likeness (QED) is 0.346. The molecule has 0 spiro atoms. The monoisotopic (exact) mass is 497 g/mol. The highest BCUT2D eigenvalue weighted by molar-refractivity contribution is 9.10. The van der Waals surface area contributed by atoms with Crippen molar-refractivity contribution in [1.82, 2.24) is 9.78 Å². The van der Waals surface area contributed by atoms with Crippen LogP contribution in [-0.2, 0) is 13.2 Å². The number of nitrogens with zero attached hydrogens (tertiary/aromatic N) is 2. The minimum absolute atomic E-state index is 0.157. The predicted molar refractivity (Wildman–Crippen MR) is 122 cm³/mol. The third-order valence-electron chi connectivity index (χ3n) is 4.86. The molecule has 164 valence electrons. The van der Waals surface area contributed by atoms with Crippen LogP contribution in [0.2, 0.25) is 0 Å². The highest BCUT2D eigenvalue weighted by Gasteiger charge is 2.16. The first-order chi connectivity index (χ1) is 15.4. The Morgan fingerprint density at radius 2 is 1.84 bits per heavy atom. The number of anilines is 1. The van der Waals surface area contributed by atoms with Gasteiger partial charge in [0, 0.05) is 6.20 Å². The molecule has 32 heavy (non-hydrogen) atoms. The van der Waals surface area contributed by atoms with Crippen LogP contribution in [0.3, 0.4) is 0 Å². The van der Waals surface area contributed by atoms with Gasteiger partial charge in [-0.05, 0) is 70.7 Å². The molecule has 0 atom stereocenters. The molecule has 8 heteroatoms. The number of hydrogen-bond donors (Lipinski definition) is 1. The second kappa shape index (κ2) is 9.40. The largest absolute Gasteiger partial charge is 0.485 e. The summed E-state index contributed by atoms with van der Waals surface area (Å²) in [7, 11) is 0. The van der Waals surface area contributed by atoms with Gasteiger partial charge in [0.15, 0.2) is 11.6 Å². The van der Waals surface area contributed by atoms with Gasteiger partial charge in [0.2, 0.25) is 0 Å². The number of carbonyl (C=O) groups excluding carboxylic acids is 1. The predicted octanol–water partition coefficient (Wildman–Crippen LogP) is 5.87. The molecule has 4 aromatic rings. The Morgan fingerprint density at radius 1 is 1.12 bits per heavy atom. The van der Waals surface area contributed by atoms with E-state index in [2.05, 4.69) is 26.3 Å². The molecule has 2 aromatic heterocycles. The highest BCUT2D eigenvalue weighted by Crippen LogP contribution is 2.25. The van der Waals surface area contributed by atoms with Crippen LogP contribution < -0.4 is 10.1 Å². The molecule has 0 saturated carbocycles. The Bertz CT molecular complexity index is 1230. The van der Waals surface area contributed by atoms with Gasteiger partial charge in [-0.3, -0.25) is 9.48 Å². The van der Waals surface area contributed by atoms with Crippen LogP contribution in [0.1, 0.15) is 33.0 Å². The number of nitrogens with one attached hydrogen (secondary N) is 1. The van der Waals surface area contributed by atoms with Crippen LogP contribution in [0.5, 0.6) is 5.75 Å². The van der Waals surface area contributed by atoms with E-state index in [4.69, 9.17) is 9.15 Å². The standard InChI is InChI=1S/C24H21BrFN3O3/c1-15-4-3-5-16(2)22(15)31-14-19-10-11-21(32-19)24(30)27-23-20(25)13-29(28-23)12-17-6-8-18(26)9-7-17/h3-11,13H,12,14H2,1-2H3,(H,27,28,30). The van der Waals surface area contributed by atoms with Crippen LogP contribution in [0, 0.1) is 19.7 Å². The maximum Gasteiger partial charge on any atom is 0.292 e.